The molecule has 0 spiro atoms. The summed E-state index contributed by atoms with van der Waals surface area (Å²) >= 11 is 0. The van der Waals surface area contributed by atoms with Gasteiger partial charge in [0.1, 0.15) is 6.61 Å². The van der Waals surface area contributed by atoms with Gasteiger partial charge in [-0.05, 0) is 12.2 Å². The van der Waals surface area contributed by atoms with Crippen LogP contribution in [-0.4, -0.2) is 24.6 Å². The molecule has 0 radical (unpaired) electrons. The van der Waals surface area contributed by atoms with Crippen molar-refractivity contribution in [1.82, 2.24) is 0 Å². The Morgan fingerprint density at radius 3 is 3.00 bits per heavy atom. The second-order valence-electron chi connectivity index (χ2n) is 2.11. The third-order valence-corrected chi connectivity index (χ3v) is 1.11. The van der Waals surface area contributed by atoms with Gasteiger partial charge in [-0.15, -0.1) is 0 Å². The Labute approximate surface area is 63.8 Å². The number of esters is 1. The summed E-state index contributed by atoms with van der Waals surface area (Å²) in [6.45, 7) is 1.27. The zero-order chi connectivity index (χ0) is 8.27. The molecule has 4 nitrogen and oxygen atoms in total. The quantitative estimate of drug-likeness (QED) is 0.502. The van der Waals surface area contributed by atoms with Gasteiger partial charge in [-0.1, -0.05) is 0 Å². The van der Waals surface area contributed by atoms with Crippen LogP contribution in [0.4, 0.5) is 0 Å². The second-order valence-corrected chi connectivity index (χ2v) is 2.11. The van der Waals surface area contributed by atoms with Gasteiger partial charge in [0.15, 0.2) is 5.78 Å². The molecule has 1 rings (SSSR count). The van der Waals surface area contributed by atoms with E-state index in [0.29, 0.717) is 0 Å². The summed E-state index contributed by atoms with van der Waals surface area (Å²) in [6, 6.07) is 0. The molecule has 0 aromatic rings. The summed E-state index contributed by atoms with van der Waals surface area (Å²) in [5.74, 6) is -0.539. The lowest BCUT2D eigenvalue weighted by Gasteiger charge is -2.15. The van der Waals surface area contributed by atoms with Gasteiger partial charge in [0, 0.05) is 6.92 Å². The van der Waals surface area contributed by atoms with Gasteiger partial charge in [0.05, 0.1) is 0 Å². The minimum absolute atomic E-state index is 0.0194. The van der Waals surface area contributed by atoms with Crippen LogP contribution in [0.15, 0.2) is 12.2 Å². The zero-order valence-corrected chi connectivity index (χ0v) is 6.07. The molecule has 1 aliphatic rings. The highest BCUT2D eigenvalue weighted by atomic mass is 16.7. The molecular weight excluding hydrogens is 148 g/mol. The predicted octanol–water partition coefficient (Wildman–Crippen LogP) is 0.0311. The van der Waals surface area contributed by atoms with E-state index >= 15 is 0 Å². The van der Waals surface area contributed by atoms with Crippen molar-refractivity contribution >= 4 is 11.8 Å². The van der Waals surface area contributed by atoms with Crippen LogP contribution in [0.5, 0.6) is 0 Å². The third kappa shape index (κ3) is 2.51. The molecule has 0 aromatic heterocycles. The van der Waals surface area contributed by atoms with Crippen LogP contribution in [0.25, 0.3) is 0 Å². The average Bonchev–Trinajstić information content (AvgIpc) is 1.93. The van der Waals surface area contributed by atoms with Gasteiger partial charge in [0.25, 0.3) is 0 Å². The molecule has 0 saturated heterocycles. The number of ether oxygens (including phenoxy) is 2. The van der Waals surface area contributed by atoms with Gasteiger partial charge in [-0.2, -0.15) is 0 Å². The summed E-state index contributed by atoms with van der Waals surface area (Å²) in [7, 11) is 0. The third-order valence-electron chi connectivity index (χ3n) is 1.11. The second kappa shape index (κ2) is 3.30. The van der Waals surface area contributed by atoms with Crippen molar-refractivity contribution in [2.45, 2.75) is 13.2 Å². The Bertz CT molecular complexity index is 206. The van der Waals surface area contributed by atoms with Gasteiger partial charge < -0.3 is 9.47 Å². The number of hydrogen-bond acceptors (Lipinski definition) is 4. The first kappa shape index (κ1) is 7.94. The predicted molar refractivity (Wildman–Crippen MR) is 35.7 cm³/mol. The number of carbonyl (C=O) groups is 2. The van der Waals surface area contributed by atoms with Crippen molar-refractivity contribution in [1.29, 1.82) is 0 Å². The van der Waals surface area contributed by atoms with Gasteiger partial charge in [0.2, 0.25) is 6.29 Å². The number of ketones is 1. The van der Waals surface area contributed by atoms with Crippen LogP contribution < -0.4 is 0 Å². The van der Waals surface area contributed by atoms with E-state index in [1.165, 1.54) is 19.1 Å². The number of rotatable bonds is 1. The van der Waals surface area contributed by atoms with Crippen molar-refractivity contribution in [2.24, 2.45) is 0 Å². The molecule has 0 aromatic carbocycles. The molecule has 1 aliphatic heterocycles. The molecule has 1 heterocycles. The standard InChI is InChI=1S/C7H8O4/c1-5(8)11-7-3-2-6(9)4-10-7/h2-3,7H,4H2,1H3/t7-/m0/s1. The van der Waals surface area contributed by atoms with E-state index in [1.807, 2.05) is 0 Å². The largest absolute Gasteiger partial charge is 0.432 e. The molecule has 0 bridgehead atoms. The van der Waals surface area contributed by atoms with Gasteiger partial charge in [-0.25, -0.2) is 0 Å². The van der Waals surface area contributed by atoms with Crippen LogP contribution in [0.1, 0.15) is 6.92 Å². The molecule has 11 heavy (non-hydrogen) atoms. The SMILES string of the molecule is CC(=O)O[C@H]1C=CC(=O)CO1. The Kier molecular flexibility index (Phi) is 2.38. The minimum atomic E-state index is -0.690. The number of carbonyl (C=O) groups excluding carboxylic acids is 2. The fourth-order valence-electron chi connectivity index (χ4n) is 0.691. The summed E-state index contributed by atoms with van der Waals surface area (Å²) in [4.78, 5) is 20.9. The fraction of sp³-hybridized carbons (Fsp3) is 0.429. The van der Waals surface area contributed by atoms with Crippen LogP contribution in [0.3, 0.4) is 0 Å². The average molecular weight is 156 g/mol. The van der Waals surface area contributed by atoms with Crippen LogP contribution in [0, 0.1) is 0 Å². The van der Waals surface area contributed by atoms with Gasteiger partial charge in [-0.3, -0.25) is 9.59 Å². The van der Waals surface area contributed by atoms with E-state index in [4.69, 9.17) is 4.74 Å². The minimum Gasteiger partial charge on any atom is -0.432 e. The first-order valence-corrected chi connectivity index (χ1v) is 3.18. The van der Waals surface area contributed by atoms with E-state index < -0.39 is 12.3 Å². The molecule has 0 amide bonds. The number of hydrogen-bond donors (Lipinski definition) is 0. The highest BCUT2D eigenvalue weighted by Crippen LogP contribution is 2.03. The lowest BCUT2D eigenvalue weighted by atomic mass is 10.3. The Morgan fingerprint density at radius 2 is 2.55 bits per heavy atom. The highest BCUT2D eigenvalue weighted by molar-refractivity contribution is 5.91. The maximum Gasteiger partial charge on any atom is 0.305 e. The topological polar surface area (TPSA) is 52.6 Å². The van der Waals surface area contributed by atoms with E-state index in [0.717, 1.165) is 0 Å². The lowest BCUT2D eigenvalue weighted by Crippen LogP contribution is -2.24. The van der Waals surface area contributed by atoms with Crippen LogP contribution in [-0.2, 0) is 19.1 Å². The van der Waals surface area contributed by atoms with Crippen molar-refractivity contribution in [2.75, 3.05) is 6.61 Å². The zero-order valence-electron chi connectivity index (χ0n) is 6.07. The summed E-state index contributed by atoms with van der Waals surface area (Å²) in [6.07, 6.45) is 2.06. The van der Waals surface area contributed by atoms with Crippen molar-refractivity contribution in [3.8, 4) is 0 Å². The summed E-state index contributed by atoms with van der Waals surface area (Å²) < 4.78 is 9.46. The summed E-state index contributed by atoms with van der Waals surface area (Å²) in [5.41, 5.74) is 0. The molecule has 4 heteroatoms. The van der Waals surface area contributed by atoms with E-state index in [-0.39, 0.29) is 12.4 Å². The molecule has 60 valence electrons. The monoisotopic (exact) mass is 156 g/mol. The molecular formula is C7H8O4. The fourth-order valence-corrected chi connectivity index (χ4v) is 0.691. The molecule has 0 N–H and O–H groups in total. The molecule has 0 saturated carbocycles. The van der Waals surface area contributed by atoms with Crippen LogP contribution >= 0.6 is 0 Å². The first-order valence-electron chi connectivity index (χ1n) is 3.18. The van der Waals surface area contributed by atoms with Crippen LogP contribution in [0.2, 0.25) is 0 Å². The molecule has 0 fully saturated rings. The Balaban J connectivity index is 2.44. The Morgan fingerprint density at radius 1 is 1.82 bits per heavy atom. The Hall–Kier alpha value is -1.16. The van der Waals surface area contributed by atoms with E-state index in [2.05, 4.69) is 4.74 Å². The maximum atomic E-state index is 10.5. The van der Waals surface area contributed by atoms with Gasteiger partial charge >= 0.3 is 5.97 Å². The maximum absolute atomic E-state index is 10.5. The van der Waals surface area contributed by atoms with E-state index in [9.17, 15) is 9.59 Å². The molecule has 0 aliphatic carbocycles. The first-order chi connectivity index (χ1) is 5.18. The lowest BCUT2D eigenvalue weighted by molar-refractivity contribution is -0.169. The molecule has 0 unspecified atom stereocenters. The normalized spacial score (nSPS) is 23.4. The smallest absolute Gasteiger partial charge is 0.305 e. The molecule has 1 atom stereocenters. The van der Waals surface area contributed by atoms with Crippen molar-refractivity contribution in [3.05, 3.63) is 12.2 Å². The van der Waals surface area contributed by atoms with E-state index in [1.54, 1.807) is 0 Å². The summed E-state index contributed by atoms with van der Waals surface area (Å²) in [5, 5.41) is 0. The van der Waals surface area contributed by atoms with Crippen molar-refractivity contribution in [3.63, 3.8) is 0 Å². The van der Waals surface area contributed by atoms with Crippen molar-refractivity contribution < 1.29 is 19.1 Å². The highest BCUT2D eigenvalue weighted by Gasteiger charge is 2.14.